The number of amides is 5. The molecule has 7 atom stereocenters. The quantitative estimate of drug-likeness (QED) is 0.0355. The Hall–Kier alpha value is -5.30. The fourth-order valence-corrected chi connectivity index (χ4v) is 5.61. The normalized spacial score (nSPS) is 17.3. The Morgan fingerprint density at radius 3 is 2.06 bits per heavy atom. The van der Waals surface area contributed by atoms with Gasteiger partial charge >= 0.3 is 11.9 Å². The molecule has 19 heteroatoms. The van der Waals surface area contributed by atoms with Crippen LogP contribution in [0.2, 0.25) is 0 Å². The van der Waals surface area contributed by atoms with Crippen LogP contribution in [0.3, 0.4) is 0 Å². The summed E-state index contributed by atoms with van der Waals surface area (Å²) in [5.41, 5.74) is 17.3. The van der Waals surface area contributed by atoms with Crippen molar-refractivity contribution >= 4 is 47.4 Å². The van der Waals surface area contributed by atoms with Gasteiger partial charge in [-0.2, -0.15) is 0 Å². The number of hydrogen-bond donors (Lipinski definition) is 10. The molecule has 1 fully saturated rings. The van der Waals surface area contributed by atoms with Gasteiger partial charge in [-0.25, -0.2) is 4.79 Å². The summed E-state index contributed by atoms with van der Waals surface area (Å²) in [6.45, 7) is 4.97. The summed E-state index contributed by atoms with van der Waals surface area (Å²) in [5.74, 6) is -7.08. The molecule has 2 rings (SSSR count). The first kappa shape index (κ1) is 43.9. The second-order valence-electron chi connectivity index (χ2n) is 13.3. The predicted octanol–water partition coefficient (Wildman–Crippen LogP) is -2.47. The number of nitrogens with zero attached hydrogens (tertiary/aromatic N) is 2. The Kier molecular flexibility index (Phi) is 17.6. The maximum Gasteiger partial charge on any atom is 0.326 e. The molecule has 0 bridgehead atoms. The molecule has 0 spiro atoms. The molecule has 1 saturated heterocycles. The van der Waals surface area contributed by atoms with Gasteiger partial charge in [0.2, 0.25) is 29.5 Å². The molecule has 5 amide bonds. The monoisotopic (exact) mass is 747 g/mol. The van der Waals surface area contributed by atoms with Gasteiger partial charge in [0.25, 0.3) is 0 Å². The third-order valence-corrected chi connectivity index (χ3v) is 8.66. The standard InChI is InChI=1S/C34H53N9O10/c1-18(2)26(35)30(49)41-23(17-20-9-5-4-6-10-20)32(51)43-16-8-12-24(43)29(48)42-27(19(3)44)31(50)39-21(13-14-25(45)46)28(47)40-22(33(52)53)11-7-15-38-34(36)37/h4-6,9-10,18-19,21-24,26-27,44H,7-8,11-17,35H2,1-3H3,(H,39,50)(H,40,47)(H,41,49)(H,42,48)(H,45,46)(H,52,53)(H4,36,37,38)/t19-,21+,22+,23+,24+,26+,27+/m1/s1. The molecule has 1 aliphatic heterocycles. The zero-order valence-electron chi connectivity index (χ0n) is 30.2. The van der Waals surface area contributed by atoms with Crippen LogP contribution >= 0.6 is 0 Å². The minimum absolute atomic E-state index is 0.0789. The van der Waals surface area contributed by atoms with E-state index >= 15 is 0 Å². The first-order valence-corrected chi connectivity index (χ1v) is 17.4. The summed E-state index contributed by atoms with van der Waals surface area (Å²) < 4.78 is 0. The lowest BCUT2D eigenvalue weighted by Gasteiger charge is -2.31. The molecule has 0 aromatic heterocycles. The molecule has 1 heterocycles. The largest absolute Gasteiger partial charge is 0.481 e. The lowest BCUT2D eigenvalue weighted by molar-refractivity contribution is -0.144. The van der Waals surface area contributed by atoms with Crippen molar-refractivity contribution in [2.75, 3.05) is 13.1 Å². The number of aliphatic imine (C=N–C) groups is 1. The van der Waals surface area contributed by atoms with Gasteiger partial charge in [0.15, 0.2) is 5.96 Å². The Morgan fingerprint density at radius 1 is 0.868 bits per heavy atom. The van der Waals surface area contributed by atoms with E-state index < -0.39 is 96.7 Å². The van der Waals surface area contributed by atoms with Gasteiger partial charge < -0.3 is 58.7 Å². The predicted molar refractivity (Wildman–Crippen MR) is 192 cm³/mol. The molecule has 1 aliphatic rings. The molecule has 19 nitrogen and oxygen atoms in total. The average molecular weight is 748 g/mol. The highest BCUT2D eigenvalue weighted by molar-refractivity contribution is 5.97. The zero-order valence-corrected chi connectivity index (χ0v) is 30.2. The van der Waals surface area contributed by atoms with Crippen molar-refractivity contribution in [3.63, 3.8) is 0 Å². The van der Waals surface area contributed by atoms with Crippen molar-refractivity contribution in [1.82, 2.24) is 26.2 Å². The van der Waals surface area contributed by atoms with Gasteiger partial charge in [-0.3, -0.25) is 33.8 Å². The maximum atomic E-state index is 14.0. The van der Waals surface area contributed by atoms with Gasteiger partial charge in [-0.1, -0.05) is 44.2 Å². The third kappa shape index (κ3) is 14.3. The highest BCUT2D eigenvalue weighted by atomic mass is 16.4. The smallest absolute Gasteiger partial charge is 0.326 e. The fourth-order valence-electron chi connectivity index (χ4n) is 5.61. The van der Waals surface area contributed by atoms with Gasteiger partial charge in [0, 0.05) is 25.9 Å². The molecule has 0 saturated carbocycles. The van der Waals surface area contributed by atoms with E-state index in [0.717, 1.165) is 5.56 Å². The number of carboxylic acids is 2. The van der Waals surface area contributed by atoms with Crippen LogP contribution in [0.15, 0.2) is 35.3 Å². The van der Waals surface area contributed by atoms with Crippen LogP contribution in [0.25, 0.3) is 0 Å². The van der Waals surface area contributed by atoms with Gasteiger partial charge in [-0.05, 0) is 50.5 Å². The van der Waals surface area contributed by atoms with Crippen molar-refractivity contribution in [3.8, 4) is 0 Å². The highest BCUT2D eigenvalue weighted by Gasteiger charge is 2.40. The summed E-state index contributed by atoms with van der Waals surface area (Å²) in [6.07, 6.45) is -1.77. The number of nitrogens with one attached hydrogen (secondary N) is 4. The van der Waals surface area contributed by atoms with Crippen molar-refractivity contribution in [1.29, 1.82) is 0 Å². The molecule has 53 heavy (non-hydrogen) atoms. The van der Waals surface area contributed by atoms with E-state index in [2.05, 4.69) is 26.3 Å². The number of carboxylic acid groups (broad SMARTS) is 2. The van der Waals surface area contributed by atoms with Crippen molar-refractivity contribution in [3.05, 3.63) is 35.9 Å². The second kappa shape index (κ2) is 21.3. The number of aliphatic carboxylic acids is 2. The van der Waals surface area contributed by atoms with E-state index in [0.29, 0.717) is 6.42 Å². The minimum atomic E-state index is -1.67. The number of guanidine groups is 1. The van der Waals surface area contributed by atoms with Crippen LogP contribution < -0.4 is 38.5 Å². The minimum Gasteiger partial charge on any atom is -0.481 e. The molecule has 1 aromatic carbocycles. The summed E-state index contributed by atoms with van der Waals surface area (Å²) in [4.78, 5) is 95.4. The SMILES string of the molecule is CC(C)[C@H](N)C(=O)N[C@@H](Cc1ccccc1)C(=O)N1CCC[C@H]1C(=O)N[C@H](C(=O)N[C@@H](CCC(=O)O)C(=O)N[C@@H](CCCN=C(N)N)C(=O)O)[C@@H](C)O. The number of likely N-dealkylation sites (tertiary alicyclic amines) is 1. The summed E-state index contributed by atoms with van der Waals surface area (Å²) in [6, 6.07) is 1.21. The molecule has 0 aliphatic carbocycles. The number of aliphatic hydroxyl groups is 1. The van der Waals surface area contributed by atoms with Crippen LogP contribution in [0.4, 0.5) is 0 Å². The van der Waals surface area contributed by atoms with E-state index in [9.17, 15) is 48.9 Å². The van der Waals surface area contributed by atoms with E-state index in [4.69, 9.17) is 17.2 Å². The number of nitrogens with two attached hydrogens (primary N) is 3. The summed E-state index contributed by atoms with van der Waals surface area (Å²) in [7, 11) is 0. The Labute approximate surface area is 307 Å². The Morgan fingerprint density at radius 2 is 1.49 bits per heavy atom. The number of rotatable bonds is 21. The van der Waals surface area contributed by atoms with Crippen molar-refractivity contribution < 1.29 is 48.9 Å². The van der Waals surface area contributed by atoms with E-state index in [1.165, 1.54) is 11.8 Å². The van der Waals surface area contributed by atoms with E-state index in [1.54, 1.807) is 44.2 Å². The van der Waals surface area contributed by atoms with Crippen LogP contribution in [-0.4, -0.2) is 123 Å². The maximum absolute atomic E-state index is 14.0. The Bertz CT molecular complexity index is 1470. The van der Waals surface area contributed by atoms with Crippen LogP contribution in [0, 0.1) is 5.92 Å². The van der Waals surface area contributed by atoms with Gasteiger partial charge in [0.05, 0.1) is 12.1 Å². The molecule has 0 radical (unpaired) electrons. The number of hydrogen-bond acceptors (Lipinski definition) is 10. The first-order valence-electron chi connectivity index (χ1n) is 17.4. The third-order valence-electron chi connectivity index (χ3n) is 8.66. The van der Waals surface area contributed by atoms with Crippen molar-refractivity contribution in [2.45, 2.75) is 108 Å². The highest BCUT2D eigenvalue weighted by Crippen LogP contribution is 2.21. The van der Waals surface area contributed by atoms with Crippen LogP contribution in [0.5, 0.6) is 0 Å². The number of carbonyl (C=O) groups is 7. The second-order valence-corrected chi connectivity index (χ2v) is 13.3. The summed E-state index contributed by atoms with van der Waals surface area (Å²) >= 11 is 0. The summed E-state index contributed by atoms with van der Waals surface area (Å²) in [5, 5.41) is 39.1. The van der Waals surface area contributed by atoms with Crippen molar-refractivity contribution in [2.24, 2.45) is 28.1 Å². The van der Waals surface area contributed by atoms with Crippen LogP contribution in [-0.2, 0) is 40.0 Å². The zero-order chi connectivity index (χ0) is 39.8. The molecule has 13 N–H and O–H groups in total. The van der Waals surface area contributed by atoms with Crippen LogP contribution in [0.1, 0.15) is 64.9 Å². The molecule has 294 valence electrons. The van der Waals surface area contributed by atoms with Gasteiger partial charge in [-0.15, -0.1) is 0 Å². The Balaban J connectivity index is 2.24. The van der Waals surface area contributed by atoms with E-state index in [1.807, 2.05) is 0 Å². The van der Waals surface area contributed by atoms with Gasteiger partial charge in [0.1, 0.15) is 30.2 Å². The topological polar surface area (TPSA) is 322 Å². The van der Waals surface area contributed by atoms with E-state index in [-0.39, 0.29) is 50.7 Å². The lowest BCUT2D eigenvalue weighted by atomic mass is 10.0. The lowest BCUT2D eigenvalue weighted by Crippen LogP contribution is -2.61. The molecule has 0 unspecified atom stereocenters. The number of benzene rings is 1. The molecular formula is C34H53N9O10. The molecular weight excluding hydrogens is 694 g/mol. The molecule has 1 aromatic rings. The number of carbonyl (C=O) groups excluding carboxylic acids is 5. The fraction of sp³-hybridized carbons (Fsp3) is 0.588. The first-order chi connectivity index (χ1) is 24.9. The average Bonchev–Trinajstić information content (AvgIpc) is 3.59. The number of aliphatic hydroxyl groups excluding tert-OH is 1.